The van der Waals surface area contributed by atoms with E-state index < -0.39 is 40.6 Å². The van der Waals surface area contributed by atoms with Crippen LogP contribution in [0.2, 0.25) is 0 Å². The number of carboxylic acid groups (broad SMARTS) is 1. The van der Waals surface area contributed by atoms with Gasteiger partial charge in [0.05, 0.1) is 0 Å². The summed E-state index contributed by atoms with van der Waals surface area (Å²) in [7, 11) is 0. The number of nitrogens with one attached hydrogen (secondary N) is 3. The molecule has 0 spiro atoms. The molecule has 206 valence electrons. The van der Waals surface area contributed by atoms with Crippen LogP contribution in [0.1, 0.15) is 94.9 Å². The van der Waals surface area contributed by atoms with Crippen LogP contribution >= 0.6 is 0 Å². The molecule has 0 heterocycles. The maximum atomic E-state index is 12.0. The number of amides is 3. The van der Waals surface area contributed by atoms with Crippen molar-refractivity contribution < 1.29 is 29.0 Å². The van der Waals surface area contributed by atoms with E-state index in [2.05, 4.69) is 16.0 Å². The zero-order chi connectivity index (χ0) is 27.5. The summed E-state index contributed by atoms with van der Waals surface area (Å²) >= 11 is 0. The second kappa shape index (κ2) is 13.8. The topological polar surface area (TPSA) is 129 Å². The fourth-order valence-corrected chi connectivity index (χ4v) is 3.08. The predicted octanol–water partition coefficient (Wildman–Crippen LogP) is 4.72. The van der Waals surface area contributed by atoms with E-state index in [-0.39, 0.29) is 0 Å². The van der Waals surface area contributed by atoms with Gasteiger partial charge in [-0.25, -0.2) is 14.4 Å². The minimum absolute atomic E-state index is 0.316. The van der Waals surface area contributed by atoms with Crippen LogP contribution in [-0.4, -0.2) is 76.7 Å². The Morgan fingerprint density at radius 2 is 1.14 bits per heavy atom. The Morgan fingerprint density at radius 1 is 0.686 bits per heavy atom. The van der Waals surface area contributed by atoms with Crippen molar-refractivity contribution >= 4 is 18.3 Å². The van der Waals surface area contributed by atoms with Crippen molar-refractivity contribution in [3.05, 3.63) is 0 Å². The SMILES string of the molecule is CC(C)(CCNCCCCN(CCC(C)(C)NC(=O)OC(C)(C)C)C(=O)O)NC(=O)OC(C)(C)C. The van der Waals surface area contributed by atoms with Crippen molar-refractivity contribution in [2.75, 3.05) is 26.2 Å². The first-order valence-electron chi connectivity index (χ1n) is 12.4. The highest BCUT2D eigenvalue weighted by Gasteiger charge is 2.26. The van der Waals surface area contributed by atoms with Gasteiger partial charge in [0.15, 0.2) is 0 Å². The molecule has 0 fully saturated rings. The summed E-state index contributed by atoms with van der Waals surface area (Å²) < 4.78 is 10.6. The zero-order valence-electron chi connectivity index (χ0n) is 23.6. The Kier molecular flexibility index (Phi) is 12.9. The second-order valence-electron chi connectivity index (χ2n) is 12.2. The van der Waals surface area contributed by atoms with Gasteiger partial charge in [-0.1, -0.05) is 0 Å². The maximum Gasteiger partial charge on any atom is 0.408 e. The molecule has 3 amide bonds. The highest BCUT2D eigenvalue weighted by atomic mass is 16.6. The Morgan fingerprint density at radius 3 is 1.57 bits per heavy atom. The Labute approximate surface area is 211 Å². The molecule has 0 aliphatic heterocycles. The number of carbonyl (C=O) groups excluding carboxylic acids is 2. The van der Waals surface area contributed by atoms with Crippen molar-refractivity contribution in [1.29, 1.82) is 0 Å². The predicted molar refractivity (Wildman–Crippen MR) is 138 cm³/mol. The number of carbonyl (C=O) groups is 3. The molecular weight excluding hydrogens is 452 g/mol. The van der Waals surface area contributed by atoms with Crippen LogP contribution in [0.5, 0.6) is 0 Å². The van der Waals surface area contributed by atoms with Crippen LogP contribution in [0.25, 0.3) is 0 Å². The normalized spacial score (nSPS) is 12.6. The standard InChI is InChI=1S/C25H50N4O6/c1-22(2,3)34-19(30)27-24(7,8)13-16-26-15-11-12-17-29(21(32)33)18-14-25(9,10)28-20(31)35-23(4,5)6/h26H,11-18H2,1-10H3,(H,27,30)(H,28,31)(H,32,33). The molecule has 0 unspecified atom stereocenters. The molecule has 0 aliphatic carbocycles. The van der Waals surface area contributed by atoms with Gasteiger partial charge >= 0.3 is 18.3 Å². The summed E-state index contributed by atoms with van der Waals surface area (Å²) in [5.74, 6) is 0. The van der Waals surface area contributed by atoms with E-state index >= 15 is 0 Å². The smallest absolute Gasteiger partial charge is 0.408 e. The highest BCUT2D eigenvalue weighted by Crippen LogP contribution is 2.14. The molecule has 0 saturated heterocycles. The highest BCUT2D eigenvalue weighted by molar-refractivity contribution is 5.69. The Balaban J connectivity index is 4.25. The monoisotopic (exact) mass is 502 g/mol. The lowest BCUT2D eigenvalue weighted by Crippen LogP contribution is -2.48. The van der Waals surface area contributed by atoms with E-state index in [4.69, 9.17) is 9.47 Å². The van der Waals surface area contributed by atoms with Crippen LogP contribution in [0.3, 0.4) is 0 Å². The fourth-order valence-electron chi connectivity index (χ4n) is 3.08. The molecule has 0 atom stereocenters. The minimum atomic E-state index is -0.971. The van der Waals surface area contributed by atoms with Gasteiger partial charge in [-0.15, -0.1) is 0 Å². The van der Waals surface area contributed by atoms with Gasteiger partial charge < -0.3 is 35.4 Å². The first-order chi connectivity index (χ1) is 15.7. The van der Waals surface area contributed by atoms with Gasteiger partial charge in [0.1, 0.15) is 11.2 Å². The Hall–Kier alpha value is -2.23. The van der Waals surface area contributed by atoms with Gasteiger partial charge in [0, 0.05) is 24.2 Å². The van der Waals surface area contributed by atoms with Crippen LogP contribution in [0, 0.1) is 0 Å². The molecule has 0 aliphatic rings. The fraction of sp³-hybridized carbons (Fsp3) is 0.880. The molecule has 0 rings (SSSR count). The molecule has 0 aromatic heterocycles. The van der Waals surface area contributed by atoms with E-state index in [1.807, 2.05) is 48.5 Å². The average molecular weight is 503 g/mol. The van der Waals surface area contributed by atoms with E-state index in [9.17, 15) is 19.5 Å². The molecule has 0 aromatic carbocycles. The van der Waals surface area contributed by atoms with E-state index in [0.717, 1.165) is 32.4 Å². The lowest BCUT2D eigenvalue weighted by molar-refractivity contribution is 0.0451. The molecule has 0 radical (unpaired) electrons. The minimum Gasteiger partial charge on any atom is -0.465 e. The molecular formula is C25H50N4O6. The number of nitrogens with zero attached hydrogens (tertiary/aromatic N) is 1. The molecule has 0 aromatic rings. The summed E-state index contributed by atoms with van der Waals surface area (Å²) in [6, 6.07) is 0. The molecule has 0 saturated carbocycles. The quantitative estimate of drug-likeness (QED) is 0.268. The molecule has 0 bridgehead atoms. The number of alkyl carbamates (subject to hydrolysis) is 2. The summed E-state index contributed by atoms with van der Waals surface area (Å²) in [4.78, 5) is 37.0. The van der Waals surface area contributed by atoms with Crippen molar-refractivity contribution in [3.63, 3.8) is 0 Å². The van der Waals surface area contributed by atoms with Gasteiger partial charge in [0.25, 0.3) is 0 Å². The third kappa shape index (κ3) is 18.7. The van der Waals surface area contributed by atoms with Gasteiger partial charge in [0.2, 0.25) is 0 Å². The van der Waals surface area contributed by atoms with Crippen molar-refractivity contribution in [2.45, 2.75) is 117 Å². The molecule has 10 nitrogen and oxygen atoms in total. The molecule has 4 N–H and O–H groups in total. The summed E-state index contributed by atoms with van der Waals surface area (Å²) in [6.45, 7) is 20.7. The molecule has 10 heteroatoms. The van der Waals surface area contributed by atoms with E-state index in [0.29, 0.717) is 19.5 Å². The Bertz CT molecular complexity index is 680. The van der Waals surface area contributed by atoms with E-state index in [1.54, 1.807) is 20.8 Å². The largest absolute Gasteiger partial charge is 0.465 e. The number of hydrogen-bond donors (Lipinski definition) is 4. The van der Waals surface area contributed by atoms with Gasteiger partial charge in [-0.3, -0.25) is 0 Å². The van der Waals surface area contributed by atoms with Crippen LogP contribution in [0.15, 0.2) is 0 Å². The number of ether oxygens (including phenoxy) is 2. The van der Waals surface area contributed by atoms with Crippen LogP contribution in [0.4, 0.5) is 14.4 Å². The van der Waals surface area contributed by atoms with Crippen molar-refractivity contribution in [1.82, 2.24) is 20.9 Å². The lowest BCUT2D eigenvalue weighted by atomic mass is 10.0. The number of rotatable bonds is 13. The number of hydrogen-bond acceptors (Lipinski definition) is 6. The van der Waals surface area contributed by atoms with E-state index in [1.165, 1.54) is 4.90 Å². The summed E-state index contributed by atoms with van der Waals surface area (Å²) in [5, 5.41) is 18.6. The van der Waals surface area contributed by atoms with Gasteiger partial charge in [-0.2, -0.15) is 0 Å². The maximum absolute atomic E-state index is 12.0. The van der Waals surface area contributed by atoms with Crippen LogP contribution in [-0.2, 0) is 9.47 Å². The van der Waals surface area contributed by atoms with Gasteiger partial charge in [-0.05, 0) is 108 Å². The summed E-state index contributed by atoms with van der Waals surface area (Å²) in [6.07, 6.45) is 0.827. The summed E-state index contributed by atoms with van der Waals surface area (Å²) in [5.41, 5.74) is -2.13. The zero-order valence-corrected chi connectivity index (χ0v) is 23.6. The molecule has 35 heavy (non-hydrogen) atoms. The van der Waals surface area contributed by atoms with Crippen LogP contribution < -0.4 is 16.0 Å². The van der Waals surface area contributed by atoms with Crippen molar-refractivity contribution in [3.8, 4) is 0 Å². The van der Waals surface area contributed by atoms with Crippen molar-refractivity contribution in [2.24, 2.45) is 0 Å². The number of unbranched alkanes of at least 4 members (excludes halogenated alkanes) is 1. The first kappa shape index (κ1) is 32.8. The average Bonchev–Trinajstić information content (AvgIpc) is 2.58. The lowest BCUT2D eigenvalue weighted by Gasteiger charge is -2.30. The third-order valence-corrected chi connectivity index (χ3v) is 4.91. The third-order valence-electron chi connectivity index (χ3n) is 4.91. The second-order valence-corrected chi connectivity index (χ2v) is 12.2. The first-order valence-corrected chi connectivity index (χ1v) is 12.4.